The third kappa shape index (κ3) is 4.27. The second-order valence-corrected chi connectivity index (χ2v) is 6.42. The molecule has 0 heterocycles. The van der Waals surface area contributed by atoms with Crippen molar-refractivity contribution in [3.63, 3.8) is 0 Å². The van der Waals surface area contributed by atoms with E-state index in [0.717, 1.165) is 30.5 Å². The third-order valence-electron chi connectivity index (χ3n) is 3.93. The van der Waals surface area contributed by atoms with Crippen molar-refractivity contribution in [2.75, 3.05) is 5.73 Å². The molecule has 1 atom stereocenters. The van der Waals surface area contributed by atoms with Gasteiger partial charge in [-0.1, -0.05) is 26.0 Å². The van der Waals surface area contributed by atoms with Crippen molar-refractivity contribution in [3.05, 3.63) is 29.8 Å². The molecule has 0 bridgehead atoms. The summed E-state index contributed by atoms with van der Waals surface area (Å²) in [6.45, 7) is 4.54. The van der Waals surface area contributed by atoms with E-state index in [-0.39, 0.29) is 5.91 Å². The fourth-order valence-electron chi connectivity index (χ4n) is 2.87. The first kappa shape index (κ1) is 13.9. The SMILES string of the molecule is CC1(C)CCC(NC(=O)CCc2cccc(N)c2)C1. The number of benzene rings is 1. The van der Waals surface area contributed by atoms with Crippen molar-refractivity contribution in [1.29, 1.82) is 0 Å². The van der Waals surface area contributed by atoms with E-state index >= 15 is 0 Å². The van der Waals surface area contributed by atoms with Gasteiger partial charge in [-0.3, -0.25) is 4.79 Å². The number of nitrogens with two attached hydrogens (primary N) is 1. The Bertz CT molecular complexity index is 454. The van der Waals surface area contributed by atoms with Gasteiger partial charge in [0.2, 0.25) is 5.91 Å². The molecule has 3 nitrogen and oxygen atoms in total. The topological polar surface area (TPSA) is 55.1 Å². The molecule has 2 rings (SSSR count). The van der Waals surface area contributed by atoms with Crippen molar-refractivity contribution in [3.8, 4) is 0 Å². The van der Waals surface area contributed by atoms with Gasteiger partial charge < -0.3 is 11.1 Å². The van der Waals surface area contributed by atoms with Gasteiger partial charge in [0.25, 0.3) is 0 Å². The lowest BCUT2D eigenvalue weighted by Crippen LogP contribution is -2.33. The molecule has 1 aliphatic rings. The summed E-state index contributed by atoms with van der Waals surface area (Å²) in [4.78, 5) is 11.9. The Morgan fingerprint density at radius 2 is 2.26 bits per heavy atom. The van der Waals surface area contributed by atoms with Gasteiger partial charge in [-0.25, -0.2) is 0 Å². The summed E-state index contributed by atoms with van der Waals surface area (Å²) < 4.78 is 0. The Labute approximate surface area is 115 Å². The maximum atomic E-state index is 11.9. The highest BCUT2D eigenvalue weighted by Crippen LogP contribution is 2.36. The van der Waals surface area contributed by atoms with E-state index in [1.807, 2.05) is 24.3 Å². The Kier molecular flexibility index (Phi) is 4.13. The highest BCUT2D eigenvalue weighted by molar-refractivity contribution is 5.76. The Morgan fingerprint density at radius 3 is 2.89 bits per heavy atom. The summed E-state index contributed by atoms with van der Waals surface area (Å²) in [5.74, 6) is 0.158. The molecule has 1 aliphatic carbocycles. The molecule has 3 N–H and O–H groups in total. The number of carbonyl (C=O) groups excluding carboxylic acids is 1. The van der Waals surface area contributed by atoms with Gasteiger partial charge in [0, 0.05) is 18.2 Å². The van der Waals surface area contributed by atoms with Crippen LogP contribution in [0.1, 0.15) is 45.1 Å². The molecule has 1 saturated carbocycles. The van der Waals surface area contributed by atoms with Crippen LogP contribution in [0.25, 0.3) is 0 Å². The van der Waals surface area contributed by atoms with Crippen LogP contribution in [0.3, 0.4) is 0 Å². The van der Waals surface area contributed by atoms with Crippen molar-refractivity contribution >= 4 is 11.6 Å². The monoisotopic (exact) mass is 260 g/mol. The molecule has 0 aliphatic heterocycles. The summed E-state index contributed by atoms with van der Waals surface area (Å²) in [6, 6.07) is 8.11. The molecule has 1 unspecified atom stereocenters. The molecule has 1 amide bonds. The van der Waals surface area contributed by atoms with E-state index in [9.17, 15) is 4.79 Å². The first-order valence-electron chi connectivity index (χ1n) is 7.08. The van der Waals surface area contributed by atoms with Crippen LogP contribution < -0.4 is 11.1 Å². The number of nitrogens with one attached hydrogen (secondary N) is 1. The molecule has 0 saturated heterocycles. The fourth-order valence-corrected chi connectivity index (χ4v) is 2.87. The largest absolute Gasteiger partial charge is 0.399 e. The van der Waals surface area contributed by atoms with Gasteiger partial charge in [-0.15, -0.1) is 0 Å². The molecule has 3 heteroatoms. The number of rotatable bonds is 4. The van der Waals surface area contributed by atoms with Crippen LogP contribution >= 0.6 is 0 Å². The number of amides is 1. The Morgan fingerprint density at radius 1 is 1.47 bits per heavy atom. The van der Waals surface area contributed by atoms with Gasteiger partial charge in [0.1, 0.15) is 0 Å². The molecule has 0 spiro atoms. The van der Waals surface area contributed by atoms with Crippen LogP contribution in [0.15, 0.2) is 24.3 Å². The van der Waals surface area contributed by atoms with Gasteiger partial charge in [0.15, 0.2) is 0 Å². The summed E-state index contributed by atoms with van der Waals surface area (Å²) in [6.07, 6.45) is 4.70. The van der Waals surface area contributed by atoms with Crippen LogP contribution in [-0.4, -0.2) is 11.9 Å². The second kappa shape index (κ2) is 5.64. The highest BCUT2D eigenvalue weighted by atomic mass is 16.1. The molecule has 0 aromatic heterocycles. The van der Waals surface area contributed by atoms with Crippen molar-refractivity contribution < 1.29 is 4.79 Å². The number of aryl methyl sites for hydroxylation is 1. The van der Waals surface area contributed by atoms with Crippen molar-refractivity contribution in [2.24, 2.45) is 5.41 Å². The van der Waals surface area contributed by atoms with Gasteiger partial charge in [0.05, 0.1) is 0 Å². The molecule has 1 aromatic rings. The minimum absolute atomic E-state index is 0.158. The van der Waals surface area contributed by atoms with Crippen molar-refractivity contribution in [1.82, 2.24) is 5.32 Å². The van der Waals surface area contributed by atoms with E-state index < -0.39 is 0 Å². The van der Waals surface area contributed by atoms with Crippen LogP contribution in [0.2, 0.25) is 0 Å². The molecule has 1 fully saturated rings. The van der Waals surface area contributed by atoms with E-state index in [1.54, 1.807) is 0 Å². The first-order valence-corrected chi connectivity index (χ1v) is 7.08. The number of anilines is 1. The Hall–Kier alpha value is -1.51. The number of hydrogen-bond acceptors (Lipinski definition) is 2. The zero-order valence-electron chi connectivity index (χ0n) is 11.9. The normalized spacial score (nSPS) is 21.3. The fraction of sp³-hybridized carbons (Fsp3) is 0.562. The van der Waals surface area contributed by atoms with Crippen LogP contribution in [0.4, 0.5) is 5.69 Å². The highest BCUT2D eigenvalue weighted by Gasteiger charge is 2.31. The summed E-state index contributed by atoms with van der Waals surface area (Å²) in [5.41, 5.74) is 7.99. The summed E-state index contributed by atoms with van der Waals surface area (Å²) in [5, 5.41) is 3.15. The summed E-state index contributed by atoms with van der Waals surface area (Å²) >= 11 is 0. The molecular formula is C16H24N2O. The smallest absolute Gasteiger partial charge is 0.220 e. The van der Waals surface area contributed by atoms with Crippen LogP contribution in [0, 0.1) is 5.41 Å². The number of hydrogen-bond donors (Lipinski definition) is 2. The molecular weight excluding hydrogens is 236 g/mol. The van der Waals surface area contributed by atoms with Crippen molar-refractivity contribution in [2.45, 2.75) is 52.0 Å². The second-order valence-electron chi connectivity index (χ2n) is 6.42. The van der Waals surface area contributed by atoms with E-state index in [0.29, 0.717) is 17.9 Å². The minimum atomic E-state index is 0.158. The molecule has 1 aromatic carbocycles. The third-order valence-corrected chi connectivity index (χ3v) is 3.93. The van der Waals surface area contributed by atoms with Gasteiger partial charge in [-0.05, 0) is 48.8 Å². The standard InChI is InChI=1S/C16H24N2O/c1-16(2)9-8-14(11-16)18-15(19)7-6-12-4-3-5-13(17)10-12/h3-5,10,14H,6-9,11,17H2,1-2H3,(H,18,19). The predicted molar refractivity (Wildman–Crippen MR) is 78.7 cm³/mol. The van der Waals surface area contributed by atoms with Crippen LogP contribution in [0.5, 0.6) is 0 Å². The first-order chi connectivity index (χ1) is 8.94. The minimum Gasteiger partial charge on any atom is -0.399 e. The lowest BCUT2D eigenvalue weighted by molar-refractivity contribution is -0.121. The van der Waals surface area contributed by atoms with Gasteiger partial charge >= 0.3 is 0 Å². The molecule has 104 valence electrons. The zero-order chi connectivity index (χ0) is 13.9. The van der Waals surface area contributed by atoms with E-state index in [2.05, 4.69) is 19.2 Å². The average molecular weight is 260 g/mol. The lowest BCUT2D eigenvalue weighted by Gasteiger charge is -2.17. The quantitative estimate of drug-likeness (QED) is 0.818. The lowest BCUT2D eigenvalue weighted by atomic mass is 9.92. The maximum absolute atomic E-state index is 11.9. The predicted octanol–water partition coefficient (Wildman–Crippen LogP) is 2.90. The number of carbonyl (C=O) groups is 1. The van der Waals surface area contributed by atoms with Crippen LogP contribution in [-0.2, 0) is 11.2 Å². The van der Waals surface area contributed by atoms with E-state index in [4.69, 9.17) is 5.73 Å². The van der Waals surface area contributed by atoms with Gasteiger partial charge in [-0.2, -0.15) is 0 Å². The average Bonchev–Trinajstić information content (AvgIpc) is 2.66. The summed E-state index contributed by atoms with van der Waals surface area (Å²) in [7, 11) is 0. The van der Waals surface area contributed by atoms with E-state index in [1.165, 1.54) is 6.42 Å². The molecule has 19 heavy (non-hydrogen) atoms. The molecule has 0 radical (unpaired) electrons. The zero-order valence-corrected chi connectivity index (χ0v) is 11.9. The maximum Gasteiger partial charge on any atom is 0.220 e. The Balaban J connectivity index is 1.76. The number of nitrogen functional groups attached to an aromatic ring is 1.